The summed E-state index contributed by atoms with van der Waals surface area (Å²) in [6.07, 6.45) is -0.845. The van der Waals surface area contributed by atoms with E-state index in [-0.39, 0.29) is 13.2 Å². The van der Waals surface area contributed by atoms with E-state index in [2.05, 4.69) is 0 Å². The van der Waals surface area contributed by atoms with Crippen LogP contribution in [0.4, 0.5) is 0 Å². The molecule has 0 aliphatic rings. The third-order valence-electron chi connectivity index (χ3n) is 5.85. The summed E-state index contributed by atoms with van der Waals surface area (Å²) < 4.78 is 23.0. The van der Waals surface area contributed by atoms with Crippen molar-refractivity contribution in [2.24, 2.45) is 0 Å². The predicted octanol–water partition coefficient (Wildman–Crippen LogP) is 5.45. The van der Waals surface area contributed by atoms with Gasteiger partial charge in [-0.15, -0.1) is 0 Å². The first-order valence-electron chi connectivity index (χ1n) is 11.5. The van der Waals surface area contributed by atoms with Gasteiger partial charge in [-0.2, -0.15) is 0 Å². The van der Waals surface area contributed by atoms with Gasteiger partial charge in [0.05, 0.1) is 20.8 Å². The second-order valence-corrected chi connectivity index (χ2v) is 8.09. The summed E-state index contributed by atoms with van der Waals surface area (Å²) in [6, 6.07) is 35.2. The summed E-state index contributed by atoms with van der Waals surface area (Å²) in [4.78, 5) is 0. The van der Waals surface area contributed by atoms with Crippen LogP contribution in [0.2, 0.25) is 0 Å². The van der Waals surface area contributed by atoms with Crippen LogP contribution in [-0.4, -0.2) is 38.6 Å². The molecular formula is C30H30O5. The Hall–Kier alpha value is -3.80. The minimum atomic E-state index is -0.935. The van der Waals surface area contributed by atoms with Crippen molar-refractivity contribution in [3.63, 3.8) is 0 Å². The van der Waals surface area contributed by atoms with Crippen molar-refractivity contribution >= 4 is 0 Å². The van der Waals surface area contributed by atoms with Gasteiger partial charge >= 0.3 is 0 Å². The van der Waals surface area contributed by atoms with Gasteiger partial charge in [-0.05, 0) is 53.1 Å². The lowest BCUT2D eigenvalue weighted by atomic mass is 9.80. The summed E-state index contributed by atoms with van der Waals surface area (Å²) in [7, 11) is 3.26. The van der Waals surface area contributed by atoms with Crippen LogP contribution >= 0.6 is 0 Å². The fraction of sp³-hybridized carbons (Fsp3) is 0.200. The Morgan fingerprint density at radius 3 is 1.49 bits per heavy atom. The normalized spacial score (nSPS) is 12.1. The maximum atomic E-state index is 10.8. The second kappa shape index (κ2) is 11.6. The highest BCUT2D eigenvalue weighted by Gasteiger charge is 2.38. The first-order valence-corrected chi connectivity index (χ1v) is 11.5. The molecule has 0 saturated heterocycles. The van der Waals surface area contributed by atoms with Gasteiger partial charge in [0, 0.05) is 0 Å². The molecule has 0 bridgehead atoms. The molecule has 0 spiro atoms. The van der Waals surface area contributed by atoms with Gasteiger partial charge in [-0.3, -0.25) is 0 Å². The molecule has 0 aliphatic carbocycles. The van der Waals surface area contributed by atoms with Gasteiger partial charge in [0.15, 0.2) is 0 Å². The second-order valence-electron chi connectivity index (χ2n) is 8.09. The Morgan fingerprint density at radius 1 is 0.571 bits per heavy atom. The van der Waals surface area contributed by atoms with Crippen molar-refractivity contribution < 1.29 is 24.1 Å². The monoisotopic (exact) mass is 470 g/mol. The molecule has 0 amide bonds. The van der Waals surface area contributed by atoms with Gasteiger partial charge < -0.3 is 24.1 Å². The number of hydrogen-bond acceptors (Lipinski definition) is 5. The zero-order valence-corrected chi connectivity index (χ0v) is 20.0. The van der Waals surface area contributed by atoms with E-state index in [1.54, 1.807) is 14.2 Å². The first kappa shape index (κ1) is 24.3. The van der Waals surface area contributed by atoms with E-state index < -0.39 is 11.7 Å². The van der Waals surface area contributed by atoms with Crippen LogP contribution in [0.1, 0.15) is 16.7 Å². The minimum absolute atomic E-state index is 0.0615. The van der Waals surface area contributed by atoms with Crippen LogP contribution in [0, 0.1) is 0 Å². The van der Waals surface area contributed by atoms with Gasteiger partial charge in [0.25, 0.3) is 0 Å². The lowest BCUT2D eigenvalue weighted by Crippen LogP contribution is -2.37. The molecule has 4 aromatic rings. The molecule has 1 N–H and O–H groups in total. The highest BCUT2D eigenvalue weighted by atomic mass is 16.5. The molecule has 0 aliphatic heterocycles. The van der Waals surface area contributed by atoms with E-state index in [9.17, 15) is 5.11 Å². The molecule has 0 fully saturated rings. The van der Waals surface area contributed by atoms with Crippen molar-refractivity contribution in [1.82, 2.24) is 0 Å². The van der Waals surface area contributed by atoms with Crippen LogP contribution in [0.25, 0.3) is 0 Å². The summed E-state index contributed by atoms with van der Waals surface area (Å²) in [5.41, 5.74) is 1.91. The van der Waals surface area contributed by atoms with Crippen LogP contribution < -0.4 is 14.2 Å². The van der Waals surface area contributed by atoms with Crippen molar-refractivity contribution in [3.8, 4) is 17.2 Å². The van der Waals surface area contributed by atoms with Crippen LogP contribution in [-0.2, 0) is 10.3 Å². The molecule has 4 rings (SSSR count). The van der Waals surface area contributed by atoms with Crippen molar-refractivity contribution in [2.45, 2.75) is 11.7 Å². The van der Waals surface area contributed by atoms with Crippen LogP contribution in [0.15, 0.2) is 109 Å². The third-order valence-corrected chi connectivity index (χ3v) is 5.85. The molecule has 0 saturated carbocycles. The van der Waals surface area contributed by atoms with Gasteiger partial charge in [0.2, 0.25) is 0 Å². The highest BCUT2D eigenvalue weighted by Crippen LogP contribution is 2.41. The smallest absolute Gasteiger partial charge is 0.143 e. The number of ether oxygens (including phenoxy) is 4. The van der Waals surface area contributed by atoms with E-state index in [1.807, 2.05) is 109 Å². The molecule has 35 heavy (non-hydrogen) atoms. The maximum Gasteiger partial charge on any atom is 0.143 e. The van der Waals surface area contributed by atoms with Gasteiger partial charge in [0.1, 0.15) is 35.6 Å². The van der Waals surface area contributed by atoms with E-state index in [1.165, 1.54) is 0 Å². The standard InChI is InChI=1S/C30H30O5/c1-32-27-15-13-25(14-16-27)30(23-9-5-3-6-10-23,24-11-7-4-8-12-24)35-22-26(31)21-34-29-19-17-28(33-2)18-20-29/h3-20,26,31H,21-22H2,1-2H3/t26-/m0/s1. The molecule has 0 unspecified atom stereocenters. The lowest BCUT2D eigenvalue weighted by Gasteiger charge is -2.36. The van der Waals surface area contributed by atoms with E-state index in [4.69, 9.17) is 18.9 Å². The van der Waals surface area contributed by atoms with Crippen molar-refractivity contribution in [3.05, 3.63) is 126 Å². The van der Waals surface area contributed by atoms with Crippen LogP contribution in [0.3, 0.4) is 0 Å². The fourth-order valence-corrected chi connectivity index (χ4v) is 4.06. The third kappa shape index (κ3) is 5.65. The topological polar surface area (TPSA) is 57.2 Å². The molecule has 0 heterocycles. The average molecular weight is 471 g/mol. The first-order chi connectivity index (χ1) is 17.2. The Kier molecular flexibility index (Phi) is 8.03. The number of rotatable bonds is 11. The Labute approximate surface area is 206 Å². The summed E-state index contributed by atoms with van der Waals surface area (Å²) in [5.74, 6) is 2.16. The molecule has 0 aromatic heterocycles. The Bertz CT molecular complexity index is 1120. The quantitative estimate of drug-likeness (QED) is 0.295. The molecule has 5 nitrogen and oxygen atoms in total. The number of aliphatic hydroxyl groups is 1. The highest BCUT2D eigenvalue weighted by molar-refractivity contribution is 5.48. The number of aliphatic hydroxyl groups excluding tert-OH is 1. The molecular weight excluding hydrogens is 440 g/mol. The van der Waals surface area contributed by atoms with Gasteiger partial charge in [-0.25, -0.2) is 0 Å². The number of hydrogen-bond donors (Lipinski definition) is 1. The maximum absolute atomic E-state index is 10.8. The lowest BCUT2D eigenvalue weighted by molar-refractivity contribution is -0.0494. The molecule has 4 aromatic carbocycles. The Balaban J connectivity index is 1.63. The summed E-state index contributed by atoms with van der Waals surface area (Å²) in [5, 5.41) is 10.8. The number of benzene rings is 4. The van der Waals surface area contributed by atoms with E-state index in [0.29, 0.717) is 5.75 Å². The zero-order valence-electron chi connectivity index (χ0n) is 20.0. The molecule has 1 atom stereocenters. The van der Waals surface area contributed by atoms with E-state index in [0.717, 1.165) is 28.2 Å². The molecule has 0 radical (unpaired) electrons. The van der Waals surface area contributed by atoms with Crippen molar-refractivity contribution in [1.29, 1.82) is 0 Å². The summed E-state index contributed by atoms with van der Waals surface area (Å²) >= 11 is 0. The summed E-state index contributed by atoms with van der Waals surface area (Å²) in [6.45, 7) is 0.153. The van der Waals surface area contributed by atoms with Gasteiger partial charge in [-0.1, -0.05) is 72.8 Å². The van der Waals surface area contributed by atoms with Crippen molar-refractivity contribution in [2.75, 3.05) is 27.4 Å². The van der Waals surface area contributed by atoms with Crippen LogP contribution in [0.5, 0.6) is 17.2 Å². The minimum Gasteiger partial charge on any atom is -0.497 e. The Morgan fingerprint density at radius 2 is 1.00 bits per heavy atom. The molecule has 180 valence electrons. The number of methoxy groups -OCH3 is 2. The van der Waals surface area contributed by atoms with E-state index >= 15 is 0 Å². The fourth-order valence-electron chi connectivity index (χ4n) is 4.06. The zero-order chi connectivity index (χ0) is 24.5. The molecule has 5 heteroatoms. The SMILES string of the molecule is COc1ccc(OC[C@H](O)COC(c2ccccc2)(c2ccccc2)c2ccc(OC)cc2)cc1. The average Bonchev–Trinajstić information content (AvgIpc) is 2.94. The largest absolute Gasteiger partial charge is 0.497 e. The predicted molar refractivity (Wildman–Crippen MR) is 136 cm³/mol.